The number of carbonyl (C=O) groups excluding carboxylic acids is 1. The lowest BCUT2D eigenvalue weighted by Crippen LogP contribution is -2.46. The van der Waals surface area contributed by atoms with Crippen molar-refractivity contribution in [3.8, 4) is 0 Å². The fraction of sp³-hybridized carbons (Fsp3) is 0.846. The Labute approximate surface area is 97.7 Å². The predicted octanol–water partition coefficient (Wildman–Crippen LogP) is 2.80. The number of rotatable bonds is 3. The maximum atomic E-state index is 11.2. The maximum absolute atomic E-state index is 11.2. The van der Waals surface area contributed by atoms with Crippen LogP contribution in [0.4, 0.5) is 0 Å². The largest absolute Gasteiger partial charge is 0.301 e. The van der Waals surface area contributed by atoms with Crippen molar-refractivity contribution in [2.45, 2.75) is 69.7 Å². The predicted molar refractivity (Wildman–Crippen MR) is 65.5 cm³/mol. The zero-order valence-corrected chi connectivity index (χ0v) is 10.0. The Bertz CT molecular complexity index is 259. The van der Waals surface area contributed by atoms with Crippen LogP contribution in [-0.4, -0.2) is 17.5 Å². The monoisotopic (exact) mass is 222 g/mol. The van der Waals surface area contributed by atoms with Gasteiger partial charge in [0.25, 0.3) is 0 Å². The zero-order chi connectivity index (χ0) is 11.3. The second-order valence-corrected chi connectivity index (χ2v) is 5.19. The molecule has 0 aromatic heterocycles. The average Bonchev–Trinajstić information content (AvgIpc) is 2.39. The second-order valence-electron chi connectivity index (χ2n) is 5.19. The minimum atomic E-state index is -0.345. The summed E-state index contributed by atoms with van der Waals surface area (Å²) in [4.78, 5) is 11.2. The smallest absolute Gasteiger partial charge is 0.146 e. The Morgan fingerprint density at radius 1 is 1.00 bits per heavy atom. The third-order valence-electron chi connectivity index (χ3n) is 3.84. The summed E-state index contributed by atoms with van der Waals surface area (Å²) in [7, 11) is 0. The van der Waals surface area contributed by atoms with E-state index in [0.717, 1.165) is 44.8 Å². The number of carbonyl (C=O) groups is 1. The van der Waals surface area contributed by atoms with Gasteiger partial charge >= 0.3 is 0 Å². The van der Waals surface area contributed by atoms with Gasteiger partial charge in [-0.3, -0.25) is 5.43 Å². The summed E-state index contributed by atoms with van der Waals surface area (Å²) in [6.45, 7) is 0. The highest BCUT2D eigenvalue weighted by Gasteiger charge is 2.31. The molecule has 2 aliphatic carbocycles. The molecule has 2 aliphatic rings. The molecule has 0 bridgehead atoms. The first-order valence-electron chi connectivity index (χ1n) is 6.64. The Balaban J connectivity index is 1.92. The van der Waals surface area contributed by atoms with E-state index in [4.69, 9.17) is 0 Å². The first kappa shape index (κ1) is 11.6. The highest BCUT2D eigenvalue weighted by atomic mass is 16.1. The van der Waals surface area contributed by atoms with Gasteiger partial charge in [0.15, 0.2) is 0 Å². The minimum Gasteiger partial charge on any atom is -0.301 e. The Morgan fingerprint density at radius 3 is 2.25 bits per heavy atom. The van der Waals surface area contributed by atoms with Gasteiger partial charge in [0, 0.05) is 5.71 Å². The third-order valence-corrected chi connectivity index (χ3v) is 3.84. The number of nitrogens with one attached hydrogen (secondary N) is 1. The lowest BCUT2D eigenvalue weighted by atomic mass is 9.83. The van der Waals surface area contributed by atoms with Crippen LogP contribution >= 0.6 is 0 Å². The fourth-order valence-electron chi connectivity index (χ4n) is 2.70. The van der Waals surface area contributed by atoms with E-state index in [1.54, 1.807) is 0 Å². The number of hydrazone groups is 1. The van der Waals surface area contributed by atoms with Gasteiger partial charge in [-0.05, 0) is 38.5 Å². The van der Waals surface area contributed by atoms with Crippen LogP contribution in [0.1, 0.15) is 64.2 Å². The Morgan fingerprint density at radius 2 is 1.62 bits per heavy atom. The van der Waals surface area contributed by atoms with Crippen LogP contribution in [0.2, 0.25) is 0 Å². The van der Waals surface area contributed by atoms with Gasteiger partial charge in [-0.15, -0.1) is 0 Å². The summed E-state index contributed by atoms with van der Waals surface area (Å²) in [5.41, 5.74) is 4.09. The van der Waals surface area contributed by atoms with Gasteiger partial charge in [0.1, 0.15) is 11.8 Å². The molecule has 3 heteroatoms. The number of nitrogens with zero attached hydrogens (tertiary/aromatic N) is 1. The molecule has 0 aromatic rings. The zero-order valence-electron chi connectivity index (χ0n) is 10.0. The normalized spacial score (nSPS) is 24.9. The molecule has 3 nitrogen and oxygen atoms in total. The molecular formula is C13H22N2O. The summed E-state index contributed by atoms with van der Waals surface area (Å²) in [5, 5.41) is 4.49. The highest BCUT2D eigenvalue weighted by molar-refractivity contribution is 5.85. The van der Waals surface area contributed by atoms with E-state index >= 15 is 0 Å². The van der Waals surface area contributed by atoms with Gasteiger partial charge in [0.2, 0.25) is 0 Å². The van der Waals surface area contributed by atoms with Crippen molar-refractivity contribution >= 4 is 12.0 Å². The van der Waals surface area contributed by atoms with Gasteiger partial charge in [0.05, 0.1) is 0 Å². The van der Waals surface area contributed by atoms with E-state index in [2.05, 4.69) is 10.5 Å². The van der Waals surface area contributed by atoms with Crippen molar-refractivity contribution in [3.05, 3.63) is 0 Å². The van der Waals surface area contributed by atoms with Crippen LogP contribution in [0.3, 0.4) is 0 Å². The molecule has 0 spiro atoms. The molecule has 0 amide bonds. The van der Waals surface area contributed by atoms with Crippen molar-refractivity contribution in [2.75, 3.05) is 0 Å². The molecule has 16 heavy (non-hydrogen) atoms. The number of hydrogen-bond donors (Lipinski definition) is 1. The molecule has 0 saturated heterocycles. The first-order chi connectivity index (χ1) is 7.85. The minimum absolute atomic E-state index is 0.345. The highest BCUT2D eigenvalue weighted by Crippen LogP contribution is 2.26. The molecular weight excluding hydrogens is 200 g/mol. The van der Waals surface area contributed by atoms with E-state index in [9.17, 15) is 4.79 Å². The molecule has 0 atom stereocenters. The van der Waals surface area contributed by atoms with Crippen molar-refractivity contribution < 1.29 is 4.79 Å². The summed E-state index contributed by atoms with van der Waals surface area (Å²) >= 11 is 0. The maximum Gasteiger partial charge on any atom is 0.146 e. The summed E-state index contributed by atoms with van der Waals surface area (Å²) in [5.74, 6) is 0. The second kappa shape index (κ2) is 5.46. The quantitative estimate of drug-likeness (QED) is 0.589. The molecule has 2 saturated carbocycles. The van der Waals surface area contributed by atoms with E-state index in [-0.39, 0.29) is 5.54 Å². The molecule has 0 radical (unpaired) electrons. The molecule has 0 heterocycles. The van der Waals surface area contributed by atoms with Crippen LogP contribution in [0, 0.1) is 0 Å². The Hall–Kier alpha value is -0.860. The standard InChI is InChI=1S/C13H22N2O/c16-11-13(9-5-2-6-10-13)15-14-12-7-3-1-4-8-12/h11,15H,1-10H2. The first-order valence-corrected chi connectivity index (χ1v) is 6.64. The van der Waals surface area contributed by atoms with Crippen LogP contribution in [-0.2, 0) is 4.79 Å². The van der Waals surface area contributed by atoms with E-state index in [1.165, 1.54) is 31.4 Å². The third kappa shape index (κ3) is 2.83. The molecule has 2 fully saturated rings. The molecule has 1 N–H and O–H groups in total. The number of aldehydes is 1. The van der Waals surface area contributed by atoms with Gasteiger partial charge in [-0.25, -0.2) is 0 Å². The SMILES string of the molecule is O=CC1(NN=C2CCCCC2)CCCCC1. The van der Waals surface area contributed by atoms with Gasteiger partial charge in [-0.1, -0.05) is 25.7 Å². The van der Waals surface area contributed by atoms with Gasteiger partial charge in [-0.2, -0.15) is 5.10 Å². The fourth-order valence-corrected chi connectivity index (χ4v) is 2.70. The van der Waals surface area contributed by atoms with E-state index in [1.807, 2.05) is 0 Å². The van der Waals surface area contributed by atoms with E-state index in [0.29, 0.717) is 0 Å². The molecule has 0 aromatic carbocycles. The van der Waals surface area contributed by atoms with Crippen molar-refractivity contribution in [3.63, 3.8) is 0 Å². The molecule has 90 valence electrons. The lowest BCUT2D eigenvalue weighted by molar-refractivity contribution is -0.114. The number of hydrogen-bond acceptors (Lipinski definition) is 3. The van der Waals surface area contributed by atoms with Crippen molar-refractivity contribution in [1.29, 1.82) is 0 Å². The topological polar surface area (TPSA) is 41.5 Å². The van der Waals surface area contributed by atoms with Crippen LogP contribution in [0.15, 0.2) is 5.10 Å². The van der Waals surface area contributed by atoms with Crippen LogP contribution in [0.5, 0.6) is 0 Å². The van der Waals surface area contributed by atoms with Crippen LogP contribution < -0.4 is 5.43 Å². The molecule has 0 aliphatic heterocycles. The molecule has 0 unspecified atom stereocenters. The van der Waals surface area contributed by atoms with Crippen molar-refractivity contribution in [2.24, 2.45) is 5.10 Å². The summed E-state index contributed by atoms with van der Waals surface area (Å²) in [6, 6.07) is 0. The average molecular weight is 222 g/mol. The summed E-state index contributed by atoms with van der Waals surface area (Å²) < 4.78 is 0. The van der Waals surface area contributed by atoms with Crippen molar-refractivity contribution in [1.82, 2.24) is 5.43 Å². The lowest BCUT2D eigenvalue weighted by Gasteiger charge is -2.32. The summed E-state index contributed by atoms with van der Waals surface area (Å²) in [6.07, 6.45) is 12.6. The van der Waals surface area contributed by atoms with Gasteiger partial charge < -0.3 is 4.79 Å². The molecule has 2 rings (SSSR count). The van der Waals surface area contributed by atoms with Crippen LogP contribution in [0.25, 0.3) is 0 Å². The van der Waals surface area contributed by atoms with E-state index < -0.39 is 0 Å². The Kier molecular flexibility index (Phi) is 3.97.